The highest BCUT2D eigenvalue weighted by Gasteiger charge is 2.15. The van der Waals surface area contributed by atoms with E-state index in [1.165, 1.54) is 12.1 Å². The molecular weight excluding hydrogens is 306 g/mol. The SMILES string of the molecule is Cc1ccc2nc(C(C)C)c(N=Nc3cccc([N+](=O)[O-])c3)n2c1. The smallest absolute Gasteiger partial charge is 0.271 e. The highest BCUT2D eigenvalue weighted by molar-refractivity contribution is 5.54. The lowest BCUT2D eigenvalue weighted by Crippen LogP contribution is -1.88. The van der Waals surface area contributed by atoms with Gasteiger partial charge in [0.25, 0.3) is 5.69 Å². The van der Waals surface area contributed by atoms with E-state index in [1.807, 2.05) is 43.5 Å². The first-order chi connectivity index (χ1) is 11.5. The molecule has 0 bridgehead atoms. The molecule has 0 saturated carbocycles. The van der Waals surface area contributed by atoms with Crippen LogP contribution >= 0.6 is 0 Å². The molecule has 3 rings (SSSR count). The molecule has 0 radical (unpaired) electrons. The number of fused-ring (bicyclic) bond motifs is 1. The quantitative estimate of drug-likeness (QED) is 0.381. The van der Waals surface area contributed by atoms with E-state index in [0.717, 1.165) is 16.9 Å². The van der Waals surface area contributed by atoms with Crippen LogP contribution < -0.4 is 0 Å². The fourth-order valence-corrected chi connectivity index (χ4v) is 2.42. The van der Waals surface area contributed by atoms with Crippen molar-refractivity contribution < 1.29 is 4.92 Å². The van der Waals surface area contributed by atoms with Gasteiger partial charge in [-0.2, -0.15) is 0 Å². The van der Waals surface area contributed by atoms with Gasteiger partial charge in [-0.1, -0.05) is 26.0 Å². The Morgan fingerprint density at radius 2 is 2.00 bits per heavy atom. The number of imidazole rings is 1. The van der Waals surface area contributed by atoms with Crippen LogP contribution in [0.1, 0.15) is 31.0 Å². The Kier molecular flexibility index (Phi) is 4.07. The number of aromatic nitrogens is 2. The van der Waals surface area contributed by atoms with Crippen LogP contribution in [0.25, 0.3) is 5.65 Å². The lowest BCUT2D eigenvalue weighted by atomic mass is 10.1. The Labute approximate surface area is 138 Å². The first kappa shape index (κ1) is 15.8. The van der Waals surface area contributed by atoms with Crippen LogP contribution in [-0.2, 0) is 0 Å². The van der Waals surface area contributed by atoms with Crippen LogP contribution in [0.4, 0.5) is 17.2 Å². The number of nitrogens with zero attached hydrogens (tertiary/aromatic N) is 5. The molecule has 0 N–H and O–H groups in total. The van der Waals surface area contributed by atoms with E-state index in [1.54, 1.807) is 12.1 Å². The van der Waals surface area contributed by atoms with Crippen LogP contribution in [0.5, 0.6) is 0 Å². The maximum atomic E-state index is 10.9. The number of rotatable bonds is 4. The summed E-state index contributed by atoms with van der Waals surface area (Å²) in [7, 11) is 0. The summed E-state index contributed by atoms with van der Waals surface area (Å²) in [4.78, 5) is 15.0. The van der Waals surface area contributed by atoms with Crippen molar-refractivity contribution in [2.24, 2.45) is 10.2 Å². The zero-order chi connectivity index (χ0) is 17.3. The number of hydrogen-bond acceptors (Lipinski definition) is 5. The van der Waals surface area contributed by atoms with Crippen molar-refractivity contribution in [1.82, 2.24) is 9.38 Å². The molecule has 0 aliphatic heterocycles. The fourth-order valence-electron chi connectivity index (χ4n) is 2.42. The molecule has 0 aliphatic rings. The molecular formula is C17H17N5O2. The van der Waals surface area contributed by atoms with Crippen molar-refractivity contribution in [1.29, 1.82) is 0 Å². The van der Waals surface area contributed by atoms with Gasteiger partial charge in [0.1, 0.15) is 5.65 Å². The average Bonchev–Trinajstić information content (AvgIpc) is 2.91. The third kappa shape index (κ3) is 3.01. The van der Waals surface area contributed by atoms with Gasteiger partial charge < -0.3 is 0 Å². The normalized spacial score (nSPS) is 11.7. The minimum Gasteiger partial charge on any atom is -0.283 e. The van der Waals surface area contributed by atoms with Gasteiger partial charge in [-0.3, -0.25) is 14.5 Å². The summed E-state index contributed by atoms with van der Waals surface area (Å²) in [6.45, 7) is 6.08. The van der Waals surface area contributed by atoms with Crippen molar-refractivity contribution >= 4 is 22.8 Å². The molecule has 0 amide bonds. The minimum atomic E-state index is -0.448. The molecule has 0 unspecified atom stereocenters. The second-order valence-corrected chi connectivity index (χ2v) is 5.89. The predicted molar refractivity (Wildman–Crippen MR) is 91.3 cm³/mol. The second kappa shape index (κ2) is 6.19. The molecule has 0 saturated heterocycles. The van der Waals surface area contributed by atoms with Crippen LogP contribution in [-0.4, -0.2) is 14.3 Å². The van der Waals surface area contributed by atoms with E-state index in [2.05, 4.69) is 15.2 Å². The van der Waals surface area contributed by atoms with Crippen molar-refractivity contribution in [3.8, 4) is 0 Å². The predicted octanol–water partition coefficient (Wildman–Crippen LogP) is 5.09. The Hall–Kier alpha value is -3.09. The maximum Gasteiger partial charge on any atom is 0.271 e. The third-order valence-corrected chi connectivity index (χ3v) is 3.61. The van der Waals surface area contributed by atoms with Crippen molar-refractivity contribution in [2.75, 3.05) is 0 Å². The zero-order valence-corrected chi connectivity index (χ0v) is 13.7. The van der Waals surface area contributed by atoms with E-state index in [4.69, 9.17) is 0 Å². The van der Waals surface area contributed by atoms with Gasteiger partial charge in [-0.05, 0) is 30.5 Å². The van der Waals surface area contributed by atoms with Crippen LogP contribution in [0.2, 0.25) is 0 Å². The van der Waals surface area contributed by atoms with Gasteiger partial charge in [-0.25, -0.2) is 4.98 Å². The first-order valence-corrected chi connectivity index (χ1v) is 7.60. The van der Waals surface area contributed by atoms with Crippen molar-refractivity contribution in [3.63, 3.8) is 0 Å². The highest BCUT2D eigenvalue weighted by Crippen LogP contribution is 2.30. The van der Waals surface area contributed by atoms with Gasteiger partial charge in [0, 0.05) is 18.3 Å². The van der Waals surface area contributed by atoms with Crippen LogP contribution in [0, 0.1) is 17.0 Å². The standard InChI is InChI=1S/C17H17N5O2/c1-11(2)16-17(21-10-12(3)7-8-15(21)18-16)20-19-13-5-4-6-14(9-13)22(23)24/h4-11H,1-3H3. The number of pyridine rings is 1. The Morgan fingerprint density at radius 1 is 1.21 bits per heavy atom. The molecule has 0 spiro atoms. The number of hydrogen-bond donors (Lipinski definition) is 0. The number of benzene rings is 1. The molecule has 122 valence electrons. The molecule has 24 heavy (non-hydrogen) atoms. The molecule has 3 aromatic rings. The summed E-state index contributed by atoms with van der Waals surface area (Å²) in [6, 6.07) is 10.0. The van der Waals surface area contributed by atoms with Crippen LogP contribution in [0.3, 0.4) is 0 Å². The number of nitro groups is 1. The third-order valence-electron chi connectivity index (χ3n) is 3.61. The first-order valence-electron chi connectivity index (χ1n) is 7.60. The van der Waals surface area contributed by atoms with Crippen LogP contribution in [0.15, 0.2) is 52.8 Å². The molecule has 7 heteroatoms. The summed E-state index contributed by atoms with van der Waals surface area (Å²) in [5.41, 5.74) is 3.15. The fraction of sp³-hybridized carbons (Fsp3) is 0.235. The Morgan fingerprint density at radius 3 is 2.71 bits per heavy atom. The average molecular weight is 323 g/mol. The summed E-state index contributed by atoms with van der Waals surface area (Å²) in [5, 5.41) is 19.4. The van der Waals surface area contributed by atoms with E-state index >= 15 is 0 Å². The monoisotopic (exact) mass is 323 g/mol. The second-order valence-electron chi connectivity index (χ2n) is 5.89. The molecule has 2 heterocycles. The van der Waals surface area contributed by atoms with Gasteiger partial charge in [0.15, 0.2) is 5.82 Å². The number of aryl methyl sites for hydroxylation is 1. The minimum absolute atomic E-state index is 0.00970. The highest BCUT2D eigenvalue weighted by atomic mass is 16.6. The summed E-state index contributed by atoms with van der Waals surface area (Å²) < 4.78 is 1.89. The lowest BCUT2D eigenvalue weighted by molar-refractivity contribution is -0.384. The van der Waals surface area contributed by atoms with Crippen molar-refractivity contribution in [2.45, 2.75) is 26.7 Å². The number of nitro benzene ring substituents is 1. The van der Waals surface area contributed by atoms with E-state index in [0.29, 0.717) is 11.5 Å². The summed E-state index contributed by atoms with van der Waals surface area (Å²) >= 11 is 0. The van der Waals surface area contributed by atoms with E-state index in [-0.39, 0.29) is 11.6 Å². The van der Waals surface area contributed by atoms with Gasteiger partial charge in [0.2, 0.25) is 0 Å². The zero-order valence-electron chi connectivity index (χ0n) is 13.7. The van der Waals surface area contributed by atoms with Gasteiger partial charge >= 0.3 is 0 Å². The maximum absolute atomic E-state index is 10.9. The summed E-state index contributed by atoms with van der Waals surface area (Å²) in [6.07, 6.45) is 1.95. The lowest BCUT2D eigenvalue weighted by Gasteiger charge is -2.02. The molecule has 1 aromatic carbocycles. The molecule has 0 aliphatic carbocycles. The van der Waals surface area contributed by atoms with E-state index in [9.17, 15) is 10.1 Å². The molecule has 2 aromatic heterocycles. The van der Waals surface area contributed by atoms with E-state index < -0.39 is 4.92 Å². The molecule has 0 atom stereocenters. The Bertz CT molecular complexity index is 943. The molecule has 7 nitrogen and oxygen atoms in total. The number of azo groups is 1. The Balaban J connectivity index is 2.08. The van der Waals surface area contributed by atoms with Gasteiger partial charge in [0.05, 0.1) is 16.3 Å². The largest absolute Gasteiger partial charge is 0.283 e. The van der Waals surface area contributed by atoms with Crippen molar-refractivity contribution in [3.05, 3.63) is 64.0 Å². The van der Waals surface area contributed by atoms with Gasteiger partial charge in [-0.15, -0.1) is 10.2 Å². The molecule has 0 fully saturated rings. The summed E-state index contributed by atoms with van der Waals surface area (Å²) in [5.74, 6) is 0.833. The topological polar surface area (TPSA) is 85.2 Å². The number of non-ortho nitro benzene ring substituents is 1.